The highest BCUT2D eigenvalue weighted by atomic mass is 15.2. The Hall–Kier alpha value is -3.72. The molecule has 6 nitrogen and oxygen atoms in total. The summed E-state index contributed by atoms with van der Waals surface area (Å²) in [4.78, 5) is 15.2. The fraction of sp³-hybridized carbons (Fsp3) is 0.182. The molecular formula is C22H20N6. The topological polar surface area (TPSA) is 70.6 Å². The molecule has 0 amide bonds. The minimum Gasteiger partial charge on any atom is -0.334 e. The zero-order valence-corrected chi connectivity index (χ0v) is 16.1. The SMILES string of the molecule is CCc1cc(-c2cncc(C#N)c2)ccc1N(C)c1cc2c(cn1)ncn2C. The van der Waals surface area contributed by atoms with E-state index in [0.29, 0.717) is 5.56 Å². The van der Waals surface area contributed by atoms with Gasteiger partial charge in [-0.3, -0.25) is 4.98 Å². The lowest BCUT2D eigenvalue weighted by molar-refractivity contribution is 0.946. The van der Waals surface area contributed by atoms with Crippen LogP contribution in [0.3, 0.4) is 0 Å². The standard InChI is InChI=1S/C22H20N6/c1-4-16-8-17(18-7-15(10-23)11-24-12-18)5-6-20(16)28(3)22-9-21-19(13-25-22)26-14-27(21)2/h5-9,11-14H,4H2,1-3H3. The summed E-state index contributed by atoms with van der Waals surface area (Å²) in [6, 6.07) is 12.4. The largest absolute Gasteiger partial charge is 0.334 e. The van der Waals surface area contributed by atoms with Crippen LogP contribution in [-0.2, 0) is 13.5 Å². The van der Waals surface area contributed by atoms with E-state index in [1.807, 2.05) is 24.7 Å². The Morgan fingerprint density at radius 3 is 2.71 bits per heavy atom. The van der Waals surface area contributed by atoms with Gasteiger partial charge >= 0.3 is 0 Å². The summed E-state index contributed by atoms with van der Waals surface area (Å²) >= 11 is 0. The average molecular weight is 368 g/mol. The summed E-state index contributed by atoms with van der Waals surface area (Å²) in [5.41, 5.74) is 6.79. The lowest BCUT2D eigenvalue weighted by Crippen LogP contribution is -2.13. The van der Waals surface area contributed by atoms with Gasteiger partial charge in [0.1, 0.15) is 17.4 Å². The van der Waals surface area contributed by atoms with Crippen molar-refractivity contribution in [2.45, 2.75) is 13.3 Å². The molecule has 6 heteroatoms. The van der Waals surface area contributed by atoms with Gasteiger partial charge in [0, 0.05) is 43.8 Å². The second-order valence-corrected chi connectivity index (χ2v) is 6.72. The van der Waals surface area contributed by atoms with Gasteiger partial charge < -0.3 is 9.47 Å². The number of hydrogen-bond donors (Lipinski definition) is 0. The van der Waals surface area contributed by atoms with Gasteiger partial charge in [0.25, 0.3) is 0 Å². The molecule has 3 aromatic heterocycles. The van der Waals surface area contributed by atoms with Crippen molar-refractivity contribution in [1.82, 2.24) is 19.5 Å². The number of rotatable bonds is 4. The van der Waals surface area contributed by atoms with Crippen LogP contribution in [0.5, 0.6) is 0 Å². The molecule has 0 saturated carbocycles. The molecule has 0 unspecified atom stereocenters. The molecular weight excluding hydrogens is 348 g/mol. The van der Waals surface area contributed by atoms with Crippen molar-refractivity contribution in [3.63, 3.8) is 0 Å². The van der Waals surface area contributed by atoms with Gasteiger partial charge in [-0.2, -0.15) is 5.26 Å². The van der Waals surface area contributed by atoms with Gasteiger partial charge in [-0.25, -0.2) is 9.97 Å². The first-order valence-corrected chi connectivity index (χ1v) is 9.10. The number of aryl methyl sites for hydroxylation is 2. The molecule has 3 heterocycles. The first kappa shape index (κ1) is 17.7. The highest BCUT2D eigenvalue weighted by Gasteiger charge is 2.13. The van der Waals surface area contributed by atoms with E-state index in [2.05, 4.69) is 57.1 Å². The normalized spacial score (nSPS) is 10.8. The molecule has 0 N–H and O–H groups in total. The summed E-state index contributed by atoms with van der Waals surface area (Å²) in [6.07, 6.45) is 7.85. The van der Waals surface area contributed by atoms with Crippen molar-refractivity contribution in [3.05, 3.63) is 66.4 Å². The number of anilines is 2. The third kappa shape index (κ3) is 3.08. The van der Waals surface area contributed by atoms with Crippen LogP contribution in [0.4, 0.5) is 11.5 Å². The van der Waals surface area contributed by atoms with Gasteiger partial charge in [0.15, 0.2) is 0 Å². The lowest BCUT2D eigenvalue weighted by Gasteiger charge is -2.22. The molecule has 0 spiro atoms. The molecule has 0 bridgehead atoms. The van der Waals surface area contributed by atoms with Gasteiger partial charge in [-0.1, -0.05) is 13.0 Å². The maximum absolute atomic E-state index is 9.12. The van der Waals surface area contributed by atoms with Gasteiger partial charge in [0.2, 0.25) is 0 Å². The summed E-state index contributed by atoms with van der Waals surface area (Å²) in [6.45, 7) is 2.14. The fourth-order valence-electron chi connectivity index (χ4n) is 3.36. The maximum Gasteiger partial charge on any atom is 0.134 e. The minimum absolute atomic E-state index is 0.561. The van der Waals surface area contributed by atoms with Crippen LogP contribution in [0.25, 0.3) is 22.2 Å². The summed E-state index contributed by atoms with van der Waals surface area (Å²) in [5, 5.41) is 9.12. The monoisotopic (exact) mass is 368 g/mol. The van der Waals surface area contributed by atoms with E-state index in [-0.39, 0.29) is 0 Å². The molecule has 0 atom stereocenters. The molecule has 28 heavy (non-hydrogen) atoms. The summed E-state index contributed by atoms with van der Waals surface area (Å²) in [5.74, 6) is 0.867. The molecule has 4 aromatic rings. The highest BCUT2D eigenvalue weighted by molar-refractivity contribution is 5.79. The van der Waals surface area contributed by atoms with Crippen molar-refractivity contribution in [1.29, 1.82) is 5.26 Å². The number of imidazole rings is 1. The molecule has 138 valence electrons. The Balaban J connectivity index is 1.74. The van der Waals surface area contributed by atoms with Crippen molar-refractivity contribution >= 4 is 22.5 Å². The quantitative estimate of drug-likeness (QED) is 0.539. The van der Waals surface area contributed by atoms with Crippen LogP contribution in [0.1, 0.15) is 18.1 Å². The van der Waals surface area contributed by atoms with E-state index in [1.165, 1.54) is 5.56 Å². The summed E-state index contributed by atoms with van der Waals surface area (Å²) < 4.78 is 1.99. The third-order valence-corrected chi connectivity index (χ3v) is 4.96. The molecule has 1 aromatic carbocycles. The van der Waals surface area contributed by atoms with Crippen molar-refractivity contribution in [2.24, 2.45) is 7.05 Å². The number of nitrogens with zero attached hydrogens (tertiary/aromatic N) is 6. The number of nitriles is 1. The predicted octanol–water partition coefficient (Wildman–Crippen LogP) is 4.23. The molecule has 0 fully saturated rings. The smallest absolute Gasteiger partial charge is 0.134 e. The zero-order valence-electron chi connectivity index (χ0n) is 16.1. The van der Waals surface area contributed by atoms with Gasteiger partial charge in [0.05, 0.1) is 23.6 Å². The van der Waals surface area contributed by atoms with Gasteiger partial charge in [-0.15, -0.1) is 0 Å². The third-order valence-electron chi connectivity index (χ3n) is 4.96. The predicted molar refractivity (Wildman–Crippen MR) is 110 cm³/mol. The Kier molecular flexibility index (Phi) is 4.50. The van der Waals surface area contributed by atoms with E-state index in [9.17, 15) is 0 Å². The Labute approximate surface area is 163 Å². The Bertz CT molecular complexity index is 1200. The van der Waals surface area contributed by atoms with E-state index in [0.717, 1.165) is 40.1 Å². The number of hydrogen-bond acceptors (Lipinski definition) is 5. The van der Waals surface area contributed by atoms with Crippen LogP contribution >= 0.6 is 0 Å². The number of aromatic nitrogens is 4. The van der Waals surface area contributed by atoms with Crippen LogP contribution in [0.2, 0.25) is 0 Å². The molecule has 0 aliphatic heterocycles. The number of benzene rings is 1. The summed E-state index contributed by atoms with van der Waals surface area (Å²) in [7, 11) is 4.01. The van der Waals surface area contributed by atoms with E-state index >= 15 is 0 Å². The molecule has 0 radical (unpaired) electrons. The first-order valence-electron chi connectivity index (χ1n) is 9.10. The highest BCUT2D eigenvalue weighted by Crippen LogP contribution is 2.31. The van der Waals surface area contributed by atoms with Gasteiger partial charge in [-0.05, 0) is 35.7 Å². The second-order valence-electron chi connectivity index (χ2n) is 6.72. The molecule has 0 aliphatic carbocycles. The van der Waals surface area contributed by atoms with Crippen molar-refractivity contribution in [2.75, 3.05) is 11.9 Å². The van der Waals surface area contributed by atoms with Crippen LogP contribution in [-0.4, -0.2) is 26.6 Å². The van der Waals surface area contributed by atoms with Crippen LogP contribution in [0, 0.1) is 11.3 Å². The lowest BCUT2D eigenvalue weighted by atomic mass is 10.0. The Morgan fingerprint density at radius 2 is 1.93 bits per heavy atom. The molecule has 0 aliphatic rings. The van der Waals surface area contributed by atoms with Crippen molar-refractivity contribution in [3.8, 4) is 17.2 Å². The van der Waals surface area contributed by atoms with E-state index in [4.69, 9.17) is 5.26 Å². The van der Waals surface area contributed by atoms with E-state index in [1.54, 1.807) is 24.9 Å². The average Bonchev–Trinajstić information content (AvgIpc) is 3.13. The molecule has 0 saturated heterocycles. The number of pyridine rings is 2. The second kappa shape index (κ2) is 7.12. The minimum atomic E-state index is 0.561. The molecule has 4 rings (SSSR count). The van der Waals surface area contributed by atoms with E-state index < -0.39 is 0 Å². The van der Waals surface area contributed by atoms with Crippen LogP contribution < -0.4 is 4.90 Å². The Morgan fingerprint density at radius 1 is 1.07 bits per heavy atom. The first-order chi connectivity index (χ1) is 13.6. The zero-order chi connectivity index (χ0) is 19.7. The fourth-order valence-corrected chi connectivity index (χ4v) is 3.36. The van der Waals surface area contributed by atoms with Crippen LogP contribution in [0.15, 0.2) is 55.2 Å². The van der Waals surface area contributed by atoms with Crippen molar-refractivity contribution < 1.29 is 0 Å². The number of fused-ring (bicyclic) bond motifs is 1. The maximum atomic E-state index is 9.12.